The Morgan fingerprint density at radius 2 is 1.62 bits per heavy atom. The minimum absolute atomic E-state index is 0.508. The highest BCUT2D eigenvalue weighted by atomic mass is 14.9. The van der Waals surface area contributed by atoms with Crippen molar-refractivity contribution in [2.24, 2.45) is 5.92 Å². The zero-order chi connectivity index (χ0) is 15.1. The van der Waals surface area contributed by atoms with E-state index in [1.807, 2.05) is 0 Å². The van der Waals surface area contributed by atoms with E-state index in [0.29, 0.717) is 12.1 Å². The smallest absolute Gasteiger partial charge is 0.0320 e. The summed E-state index contributed by atoms with van der Waals surface area (Å²) >= 11 is 0. The Kier molecular flexibility index (Phi) is 6.76. The molecule has 1 aliphatic carbocycles. The van der Waals surface area contributed by atoms with Gasteiger partial charge in [0.15, 0.2) is 0 Å². The molecule has 1 saturated carbocycles. The molecule has 118 valence electrons. The second-order valence-corrected chi connectivity index (χ2v) is 6.76. The van der Waals surface area contributed by atoms with E-state index < -0.39 is 0 Å². The van der Waals surface area contributed by atoms with Crippen LogP contribution in [0.1, 0.15) is 82.9 Å². The van der Waals surface area contributed by atoms with Gasteiger partial charge < -0.3 is 5.32 Å². The van der Waals surface area contributed by atoms with Gasteiger partial charge in [-0.05, 0) is 49.7 Å². The van der Waals surface area contributed by atoms with Crippen molar-refractivity contribution in [2.75, 3.05) is 0 Å². The van der Waals surface area contributed by atoms with Crippen molar-refractivity contribution in [3.05, 3.63) is 35.4 Å². The molecular weight excluding hydrogens is 254 g/mol. The van der Waals surface area contributed by atoms with E-state index in [0.717, 1.165) is 12.3 Å². The zero-order valence-electron chi connectivity index (χ0n) is 14.2. The molecule has 1 nitrogen and oxygen atoms in total. The normalized spacial score (nSPS) is 20.0. The van der Waals surface area contributed by atoms with Crippen molar-refractivity contribution in [3.63, 3.8) is 0 Å². The summed E-state index contributed by atoms with van der Waals surface area (Å²) in [6.07, 6.45) is 10.9. The molecule has 1 aromatic carbocycles. The summed E-state index contributed by atoms with van der Waals surface area (Å²) in [6, 6.07) is 10.4. The highest BCUT2D eigenvalue weighted by Crippen LogP contribution is 2.27. The molecule has 0 aromatic heterocycles. The molecule has 1 heteroatoms. The number of rotatable bonds is 6. The van der Waals surface area contributed by atoms with Crippen molar-refractivity contribution >= 4 is 0 Å². The van der Waals surface area contributed by atoms with Crippen LogP contribution in [-0.2, 0) is 6.42 Å². The molecule has 2 atom stereocenters. The average Bonchev–Trinajstić information content (AvgIpc) is 2.82. The summed E-state index contributed by atoms with van der Waals surface area (Å²) in [6.45, 7) is 6.92. The van der Waals surface area contributed by atoms with E-state index >= 15 is 0 Å². The highest BCUT2D eigenvalue weighted by molar-refractivity contribution is 5.25. The van der Waals surface area contributed by atoms with Crippen LogP contribution in [-0.4, -0.2) is 6.04 Å². The fourth-order valence-corrected chi connectivity index (χ4v) is 3.70. The molecule has 0 heterocycles. The third-order valence-electron chi connectivity index (χ3n) is 5.27. The predicted molar refractivity (Wildman–Crippen MR) is 92.6 cm³/mol. The van der Waals surface area contributed by atoms with Crippen LogP contribution in [0.5, 0.6) is 0 Å². The van der Waals surface area contributed by atoms with Gasteiger partial charge in [0.1, 0.15) is 0 Å². The first-order valence-electron chi connectivity index (χ1n) is 9.09. The third-order valence-corrected chi connectivity index (χ3v) is 5.27. The first kappa shape index (κ1) is 16.5. The third kappa shape index (κ3) is 4.85. The van der Waals surface area contributed by atoms with E-state index in [4.69, 9.17) is 0 Å². The van der Waals surface area contributed by atoms with Crippen LogP contribution in [0.4, 0.5) is 0 Å². The summed E-state index contributed by atoms with van der Waals surface area (Å²) < 4.78 is 0. The van der Waals surface area contributed by atoms with Gasteiger partial charge in [-0.15, -0.1) is 0 Å². The molecule has 21 heavy (non-hydrogen) atoms. The van der Waals surface area contributed by atoms with Crippen molar-refractivity contribution in [3.8, 4) is 0 Å². The van der Waals surface area contributed by atoms with Gasteiger partial charge in [0, 0.05) is 12.1 Å². The second-order valence-electron chi connectivity index (χ2n) is 6.76. The molecule has 1 fully saturated rings. The number of hydrogen-bond donors (Lipinski definition) is 1. The quantitative estimate of drug-likeness (QED) is 0.667. The molecule has 2 rings (SSSR count). The lowest BCUT2D eigenvalue weighted by Gasteiger charge is -2.29. The fourth-order valence-electron chi connectivity index (χ4n) is 3.70. The van der Waals surface area contributed by atoms with Crippen LogP contribution in [0.25, 0.3) is 0 Å². The monoisotopic (exact) mass is 287 g/mol. The lowest BCUT2D eigenvalue weighted by molar-refractivity contribution is 0.306. The molecule has 0 amide bonds. The standard InChI is InChI=1S/C20H33N/c1-4-17-12-14-19(15-13-17)20(5-2)21-16(3)18-10-8-6-7-9-11-18/h12-16,18,20-21H,4-11H2,1-3H3/t16-,20?/m0/s1. The Morgan fingerprint density at radius 3 is 2.14 bits per heavy atom. The molecule has 0 bridgehead atoms. The topological polar surface area (TPSA) is 12.0 Å². The van der Waals surface area contributed by atoms with Crippen LogP contribution < -0.4 is 5.32 Å². The number of benzene rings is 1. The summed E-state index contributed by atoms with van der Waals surface area (Å²) in [4.78, 5) is 0. The maximum absolute atomic E-state index is 3.92. The number of hydrogen-bond acceptors (Lipinski definition) is 1. The summed E-state index contributed by atoms with van der Waals surface area (Å²) in [5.74, 6) is 0.872. The van der Waals surface area contributed by atoms with Gasteiger partial charge in [-0.25, -0.2) is 0 Å². The van der Waals surface area contributed by atoms with Crippen molar-refractivity contribution in [2.45, 2.75) is 84.2 Å². The van der Waals surface area contributed by atoms with Crippen molar-refractivity contribution in [1.82, 2.24) is 5.32 Å². The van der Waals surface area contributed by atoms with E-state index in [9.17, 15) is 0 Å². The molecule has 0 radical (unpaired) electrons. The van der Waals surface area contributed by atoms with Gasteiger partial charge >= 0.3 is 0 Å². The number of aryl methyl sites for hydroxylation is 1. The summed E-state index contributed by atoms with van der Waals surface area (Å²) in [5, 5.41) is 3.92. The SMILES string of the molecule is CCc1ccc(C(CC)N[C@@H](C)C2CCCCCC2)cc1. The Morgan fingerprint density at radius 1 is 1.00 bits per heavy atom. The minimum atomic E-state index is 0.508. The van der Waals surface area contributed by atoms with E-state index in [2.05, 4.69) is 50.4 Å². The molecule has 0 saturated heterocycles. The van der Waals surface area contributed by atoms with Gasteiger partial charge in [0.25, 0.3) is 0 Å². The van der Waals surface area contributed by atoms with Gasteiger partial charge in [0.2, 0.25) is 0 Å². The lowest BCUT2D eigenvalue weighted by atomic mass is 9.91. The maximum atomic E-state index is 3.92. The van der Waals surface area contributed by atoms with E-state index in [1.54, 1.807) is 0 Å². The van der Waals surface area contributed by atoms with Crippen LogP contribution in [0, 0.1) is 5.92 Å². The Balaban J connectivity index is 1.96. The highest BCUT2D eigenvalue weighted by Gasteiger charge is 2.21. The van der Waals surface area contributed by atoms with Crippen LogP contribution in [0.3, 0.4) is 0 Å². The van der Waals surface area contributed by atoms with E-state index in [1.165, 1.54) is 56.1 Å². The minimum Gasteiger partial charge on any atom is -0.307 e. The van der Waals surface area contributed by atoms with Gasteiger partial charge in [0.05, 0.1) is 0 Å². The fraction of sp³-hybridized carbons (Fsp3) is 0.700. The first-order valence-corrected chi connectivity index (χ1v) is 9.09. The van der Waals surface area contributed by atoms with Crippen LogP contribution >= 0.6 is 0 Å². The Labute approximate surface area is 131 Å². The van der Waals surface area contributed by atoms with Gasteiger partial charge in [-0.2, -0.15) is 0 Å². The molecule has 1 N–H and O–H groups in total. The molecule has 1 aromatic rings. The summed E-state index contributed by atoms with van der Waals surface area (Å²) in [7, 11) is 0. The second kappa shape index (κ2) is 8.58. The number of nitrogens with one attached hydrogen (secondary N) is 1. The molecular formula is C20H33N. The van der Waals surface area contributed by atoms with Gasteiger partial charge in [-0.3, -0.25) is 0 Å². The largest absolute Gasteiger partial charge is 0.307 e. The molecule has 0 spiro atoms. The Hall–Kier alpha value is -0.820. The average molecular weight is 287 g/mol. The van der Waals surface area contributed by atoms with Crippen molar-refractivity contribution in [1.29, 1.82) is 0 Å². The summed E-state index contributed by atoms with van der Waals surface area (Å²) in [5.41, 5.74) is 2.89. The van der Waals surface area contributed by atoms with E-state index in [-0.39, 0.29) is 0 Å². The Bertz CT molecular complexity index is 387. The lowest BCUT2D eigenvalue weighted by Crippen LogP contribution is -2.36. The molecule has 1 aliphatic rings. The predicted octanol–water partition coefficient (Wildman–Crippen LogP) is 5.65. The van der Waals surface area contributed by atoms with Gasteiger partial charge in [-0.1, -0.05) is 63.8 Å². The maximum Gasteiger partial charge on any atom is 0.0320 e. The zero-order valence-corrected chi connectivity index (χ0v) is 14.2. The molecule has 0 aliphatic heterocycles. The van der Waals surface area contributed by atoms with Crippen LogP contribution in [0.2, 0.25) is 0 Å². The van der Waals surface area contributed by atoms with Crippen molar-refractivity contribution < 1.29 is 0 Å². The van der Waals surface area contributed by atoms with Crippen LogP contribution in [0.15, 0.2) is 24.3 Å². The molecule has 1 unspecified atom stereocenters. The first-order chi connectivity index (χ1) is 10.2.